The van der Waals surface area contributed by atoms with E-state index in [1.54, 1.807) is 4.90 Å². The molecule has 0 spiro atoms. The van der Waals surface area contributed by atoms with Gasteiger partial charge in [-0.2, -0.15) is 0 Å². The lowest BCUT2D eigenvalue weighted by molar-refractivity contribution is 0.194. The minimum Gasteiger partial charge on any atom is -0.326 e. The van der Waals surface area contributed by atoms with Crippen molar-refractivity contribution in [2.45, 2.75) is 25.8 Å². The first-order chi connectivity index (χ1) is 8.72. The van der Waals surface area contributed by atoms with Crippen LogP contribution in [-0.2, 0) is 6.54 Å². The van der Waals surface area contributed by atoms with E-state index < -0.39 is 0 Å². The summed E-state index contributed by atoms with van der Waals surface area (Å²) in [4.78, 5) is 15.9. The molecule has 0 radical (unpaired) electrons. The van der Waals surface area contributed by atoms with Crippen LogP contribution in [0.25, 0.3) is 0 Å². The van der Waals surface area contributed by atoms with Crippen LogP contribution in [0.5, 0.6) is 0 Å². The molecule has 1 aliphatic rings. The molecule has 1 saturated heterocycles. The fourth-order valence-corrected chi connectivity index (χ4v) is 2.26. The van der Waals surface area contributed by atoms with Crippen LogP contribution in [0.4, 0.5) is 10.5 Å². The first-order valence-corrected chi connectivity index (χ1v) is 6.54. The SMILES string of the molecule is CN(C(=O)N1CCCCC1)c1ccc(CN)cc1. The highest BCUT2D eigenvalue weighted by Gasteiger charge is 2.20. The molecule has 2 rings (SSSR count). The number of urea groups is 1. The summed E-state index contributed by atoms with van der Waals surface area (Å²) in [5.74, 6) is 0. The van der Waals surface area contributed by atoms with Gasteiger partial charge in [0.2, 0.25) is 0 Å². The Balaban J connectivity index is 2.04. The van der Waals surface area contributed by atoms with Crippen molar-refractivity contribution in [2.24, 2.45) is 5.73 Å². The molecule has 4 nitrogen and oxygen atoms in total. The minimum absolute atomic E-state index is 0.0928. The van der Waals surface area contributed by atoms with Crippen LogP contribution in [0.15, 0.2) is 24.3 Å². The number of nitrogens with two attached hydrogens (primary N) is 1. The Hall–Kier alpha value is -1.55. The Labute approximate surface area is 108 Å². The molecule has 18 heavy (non-hydrogen) atoms. The van der Waals surface area contributed by atoms with Gasteiger partial charge in [-0.15, -0.1) is 0 Å². The summed E-state index contributed by atoms with van der Waals surface area (Å²) in [5, 5.41) is 0. The number of piperidine rings is 1. The molecular formula is C14H21N3O. The number of nitrogens with zero attached hydrogens (tertiary/aromatic N) is 2. The molecule has 0 aliphatic carbocycles. The molecule has 2 amide bonds. The van der Waals surface area contributed by atoms with E-state index in [-0.39, 0.29) is 6.03 Å². The van der Waals surface area contributed by atoms with Crippen LogP contribution in [0.1, 0.15) is 24.8 Å². The van der Waals surface area contributed by atoms with Gasteiger partial charge in [0, 0.05) is 32.4 Å². The number of likely N-dealkylation sites (tertiary alicyclic amines) is 1. The maximum Gasteiger partial charge on any atom is 0.324 e. The summed E-state index contributed by atoms with van der Waals surface area (Å²) in [6, 6.07) is 7.92. The van der Waals surface area contributed by atoms with E-state index >= 15 is 0 Å². The molecule has 0 unspecified atom stereocenters. The first kappa shape index (κ1) is 12.9. The second-order valence-electron chi connectivity index (χ2n) is 4.76. The van der Waals surface area contributed by atoms with Gasteiger partial charge < -0.3 is 10.6 Å². The highest BCUT2D eigenvalue weighted by Crippen LogP contribution is 2.17. The second kappa shape index (κ2) is 5.87. The van der Waals surface area contributed by atoms with Crippen LogP contribution >= 0.6 is 0 Å². The molecule has 2 N–H and O–H groups in total. The van der Waals surface area contributed by atoms with Gasteiger partial charge in [-0.05, 0) is 37.0 Å². The van der Waals surface area contributed by atoms with Crippen LogP contribution in [0.2, 0.25) is 0 Å². The number of benzene rings is 1. The number of hydrogen-bond acceptors (Lipinski definition) is 2. The maximum atomic E-state index is 12.3. The van der Waals surface area contributed by atoms with E-state index in [2.05, 4.69) is 0 Å². The number of hydrogen-bond donors (Lipinski definition) is 1. The third-order valence-corrected chi connectivity index (χ3v) is 3.47. The minimum atomic E-state index is 0.0928. The highest BCUT2D eigenvalue weighted by molar-refractivity contribution is 5.91. The monoisotopic (exact) mass is 247 g/mol. The summed E-state index contributed by atoms with van der Waals surface area (Å²) < 4.78 is 0. The number of carbonyl (C=O) groups excluding carboxylic acids is 1. The van der Waals surface area contributed by atoms with Gasteiger partial charge in [-0.1, -0.05) is 12.1 Å². The number of carbonyl (C=O) groups is 1. The zero-order chi connectivity index (χ0) is 13.0. The van der Waals surface area contributed by atoms with E-state index in [0.717, 1.165) is 37.2 Å². The first-order valence-electron chi connectivity index (χ1n) is 6.54. The van der Waals surface area contributed by atoms with Crippen molar-refractivity contribution in [3.63, 3.8) is 0 Å². The van der Waals surface area contributed by atoms with E-state index in [4.69, 9.17) is 5.73 Å². The van der Waals surface area contributed by atoms with Gasteiger partial charge in [-0.25, -0.2) is 4.79 Å². The molecule has 1 fully saturated rings. The third kappa shape index (κ3) is 2.82. The zero-order valence-electron chi connectivity index (χ0n) is 10.9. The van der Waals surface area contributed by atoms with Gasteiger partial charge in [0.15, 0.2) is 0 Å². The predicted octanol–water partition coefficient (Wildman–Crippen LogP) is 2.19. The van der Waals surface area contributed by atoms with E-state index in [9.17, 15) is 4.79 Å². The Bertz CT molecular complexity index is 396. The smallest absolute Gasteiger partial charge is 0.324 e. The van der Waals surface area contributed by atoms with Crippen molar-refractivity contribution >= 4 is 11.7 Å². The lowest BCUT2D eigenvalue weighted by Gasteiger charge is -2.31. The summed E-state index contributed by atoms with van der Waals surface area (Å²) in [5.41, 5.74) is 7.56. The fraction of sp³-hybridized carbons (Fsp3) is 0.500. The third-order valence-electron chi connectivity index (χ3n) is 3.47. The molecule has 1 aromatic rings. The molecule has 1 aliphatic heterocycles. The topological polar surface area (TPSA) is 49.6 Å². The van der Waals surface area contributed by atoms with Crippen LogP contribution in [0.3, 0.4) is 0 Å². The quantitative estimate of drug-likeness (QED) is 0.871. The Morgan fingerprint density at radius 2 is 1.83 bits per heavy atom. The molecular weight excluding hydrogens is 226 g/mol. The van der Waals surface area contributed by atoms with Gasteiger partial charge in [0.1, 0.15) is 0 Å². The number of amides is 2. The van der Waals surface area contributed by atoms with Gasteiger partial charge >= 0.3 is 6.03 Å². The lowest BCUT2D eigenvalue weighted by atomic mass is 10.1. The summed E-state index contributed by atoms with van der Waals surface area (Å²) >= 11 is 0. The van der Waals surface area contributed by atoms with E-state index in [0.29, 0.717) is 6.54 Å². The molecule has 0 saturated carbocycles. The fourth-order valence-electron chi connectivity index (χ4n) is 2.26. The normalized spacial score (nSPS) is 15.6. The van der Waals surface area contributed by atoms with Crippen molar-refractivity contribution in [2.75, 3.05) is 25.0 Å². The van der Waals surface area contributed by atoms with Crippen molar-refractivity contribution in [1.29, 1.82) is 0 Å². The zero-order valence-corrected chi connectivity index (χ0v) is 10.9. The van der Waals surface area contributed by atoms with E-state index in [1.807, 2.05) is 36.2 Å². The van der Waals surface area contributed by atoms with Gasteiger partial charge in [-0.3, -0.25) is 4.90 Å². The average Bonchev–Trinajstić information content (AvgIpc) is 2.47. The molecule has 0 atom stereocenters. The number of rotatable bonds is 2. The lowest BCUT2D eigenvalue weighted by Crippen LogP contribution is -2.43. The second-order valence-corrected chi connectivity index (χ2v) is 4.76. The Kier molecular flexibility index (Phi) is 4.20. The standard InChI is InChI=1S/C14H21N3O/c1-16(13-7-5-12(11-15)6-8-13)14(18)17-9-3-2-4-10-17/h5-8H,2-4,9-11,15H2,1H3. The van der Waals surface area contributed by atoms with Crippen LogP contribution < -0.4 is 10.6 Å². The van der Waals surface area contributed by atoms with Crippen molar-refractivity contribution in [3.05, 3.63) is 29.8 Å². The highest BCUT2D eigenvalue weighted by atomic mass is 16.2. The molecule has 0 bridgehead atoms. The average molecular weight is 247 g/mol. The molecule has 98 valence electrons. The summed E-state index contributed by atoms with van der Waals surface area (Å²) in [6.45, 7) is 2.29. The Morgan fingerprint density at radius 1 is 1.22 bits per heavy atom. The largest absolute Gasteiger partial charge is 0.326 e. The van der Waals surface area contributed by atoms with Crippen LogP contribution in [-0.4, -0.2) is 31.1 Å². The van der Waals surface area contributed by atoms with Crippen molar-refractivity contribution < 1.29 is 4.79 Å². The predicted molar refractivity (Wildman–Crippen MR) is 73.6 cm³/mol. The van der Waals surface area contributed by atoms with Crippen LogP contribution in [0, 0.1) is 0 Å². The number of anilines is 1. The van der Waals surface area contributed by atoms with Gasteiger partial charge in [0.25, 0.3) is 0 Å². The maximum absolute atomic E-state index is 12.3. The molecule has 1 heterocycles. The molecule has 1 aromatic carbocycles. The molecule has 4 heteroatoms. The van der Waals surface area contributed by atoms with Crippen molar-refractivity contribution in [3.8, 4) is 0 Å². The van der Waals surface area contributed by atoms with Gasteiger partial charge in [0.05, 0.1) is 0 Å². The van der Waals surface area contributed by atoms with E-state index in [1.165, 1.54) is 6.42 Å². The summed E-state index contributed by atoms with van der Waals surface area (Å²) in [6.07, 6.45) is 3.47. The molecule has 0 aromatic heterocycles. The summed E-state index contributed by atoms with van der Waals surface area (Å²) in [7, 11) is 1.83. The Morgan fingerprint density at radius 3 is 2.39 bits per heavy atom. The van der Waals surface area contributed by atoms with Crippen molar-refractivity contribution in [1.82, 2.24) is 4.90 Å².